The molecule has 0 spiro atoms. The zero-order valence-electron chi connectivity index (χ0n) is 15.8. The van der Waals surface area contributed by atoms with Crippen molar-refractivity contribution in [3.8, 4) is 5.75 Å². The smallest absolute Gasteiger partial charge is 0.337 e. The Bertz CT molecular complexity index is 1070. The molecule has 1 N–H and O–H groups in total. The van der Waals surface area contributed by atoms with Gasteiger partial charge in [-0.25, -0.2) is 9.89 Å². The summed E-state index contributed by atoms with van der Waals surface area (Å²) in [6.45, 7) is 4.25. The van der Waals surface area contributed by atoms with Gasteiger partial charge in [0.15, 0.2) is 5.82 Å². The van der Waals surface area contributed by atoms with Crippen molar-refractivity contribution in [3.05, 3.63) is 75.3 Å². The first-order valence-corrected chi connectivity index (χ1v) is 8.98. The van der Waals surface area contributed by atoms with E-state index in [4.69, 9.17) is 17.0 Å². The van der Waals surface area contributed by atoms with Gasteiger partial charge in [0.05, 0.1) is 18.9 Å². The Morgan fingerprint density at radius 3 is 2.68 bits per heavy atom. The number of nitrogens with one attached hydrogen (secondary N) is 1. The quantitative estimate of drug-likeness (QED) is 0.389. The third-order valence-corrected chi connectivity index (χ3v) is 4.32. The standard InChI is InChI=1S/C20H20N4O3S/c1-13-4-9-17(14(2)10-13)27-12-18-22-23-20(28)24(18)21-11-15-5-7-16(8-6-15)19(25)26-3/h4-11H,12H2,1-3H3,(H,23,28)/b21-11-. The van der Waals surface area contributed by atoms with Gasteiger partial charge in [-0.15, -0.1) is 0 Å². The fourth-order valence-electron chi connectivity index (χ4n) is 2.59. The van der Waals surface area contributed by atoms with Gasteiger partial charge in [0.1, 0.15) is 12.4 Å². The molecule has 0 aliphatic carbocycles. The van der Waals surface area contributed by atoms with Crippen LogP contribution in [0.15, 0.2) is 47.6 Å². The summed E-state index contributed by atoms with van der Waals surface area (Å²) < 4.78 is 12.4. The maximum Gasteiger partial charge on any atom is 0.337 e. The molecule has 7 nitrogen and oxygen atoms in total. The molecule has 0 bridgehead atoms. The summed E-state index contributed by atoms with van der Waals surface area (Å²) in [5, 5.41) is 11.3. The van der Waals surface area contributed by atoms with Crippen LogP contribution >= 0.6 is 12.2 Å². The highest BCUT2D eigenvalue weighted by molar-refractivity contribution is 7.71. The molecule has 1 aromatic heterocycles. The lowest BCUT2D eigenvalue weighted by molar-refractivity contribution is 0.0600. The number of methoxy groups -OCH3 is 1. The second-order valence-corrected chi connectivity index (χ2v) is 6.56. The number of carbonyl (C=O) groups excluding carboxylic acids is 1. The van der Waals surface area contributed by atoms with Gasteiger partial charge in [0.25, 0.3) is 0 Å². The monoisotopic (exact) mass is 396 g/mol. The number of nitrogens with zero attached hydrogens (tertiary/aromatic N) is 3. The van der Waals surface area contributed by atoms with Gasteiger partial charge < -0.3 is 9.47 Å². The van der Waals surface area contributed by atoms with Gasteiger partial charge in [0, 0.05) is 0 Å². The van der Waals surface area contributed by atoms with Gasteiger partial charge in [-0.3, -0.25) is 0 Å². The fraction of sp³-hybridized carbons (Fsp3) is 0.200. The number of hydrogen-bond donors (Lipinski definition) is 1. The van der Waals surface area contributed by atoms with Crippen LogP contribution in [-0.4, -0.2) is 34.2 Å². The van der Waals surface area contributed by atoms with Gasteiger partial charge in [-0.05, 0) is 55.4 Å². The lowest BCUT2D eigenvalue weighted by atomic mass is 10.1. The molecule has 1 heterocycles. The summed E-state index contributed by atoms with van der Waals surface area (Å²) in [6.07, 6.45) is 1.63. The Morgan fingerprint density at radius 2 is 2.00 bits per heavy atom. The summed E-state index contributed by atoms with van der Waals surface area (Å²) in [6, 6.07) is 12.9. The molecule has 3 rings (SSSR count). The van der Waals surface area contributed by atoms with E-state index >= 15 is 0 Å². The summed E-state index contributed by atoms with van der Waals surface area (Å²) >= 11 is 5.25. The molecule has 0 atom stereocenters. The third-order valence-electron chi connectivity index (χ3n) is 4.06. The van der Waals surface area contributed by atoms with Crippen LogP contribution in [0.2, 0.25) is 0 Å². The normalized spacial score (nSPS) is 11.0. The van der Waals surface area contributed by atoms with E-state index < -0.39 is 0 Å². The van der Waals surface area contributed by atoms with Crippen LogP contribution < -0.4 is 4.74 Å². The van der Waals surface area contributed by atoms with Crippen molar-refractivity contribution >= 4 is 24.4 Å². The summed E-state index contributed by atoms with van der Waals surface area (Å²) in [5.41, 5.74) is 3.50. The molecule has 0 aliphatic heterocycles. The molecule has 0 saturated heterocycles. The number of aromatic amines is 1. The van der Waals surface area contributed by atoms with E-state index in [9.17, 15) is 4.79 Å². The number of rotatable bonds is 6. The van der Waals surface area contributed by atoms with Gasteiger partial charge in [-0.2, -0.15) is 14.9 Å². The Labute approximate surface area is 167 Å². The summed E-state index contributed by atoms with van der Waals surface area (Å²) in [5.74, 6) is 0.951. The molecule has 0 fully saturated rings. The average Bonchev–Trinajstić information content (AvgIpc) is 3.05. The van der Waals surface area contributed by atoms with Crippen LogP contribution in [0.25, 0.3) is 0 Å². The minimum absolute atomic E-state index is 0.218. The van der Waals surface area contributed by atoms with Crippen molar-refractivity contribution in [2.45, 2.75) is 20.5 Å². The van der Waals surface area contributed by atoms with Crippen LogP contribution in [-0.2, 0) is 11.3 Å². The highest BCUT2D eigenvalue weighted by Crippen LogP contribution is 2.19. The molecular weight excluding hydrogens is 376 g/mol. The highest BCUT2D eigenvalue weighted by Gasteiger charge is 2.08. The largest absolute Gasteiger partial charge is 0.485 e. The van der Waals surface area contributed by atoms with E-state index in [0.29, 0.717) is 16.2 Å². The Hall–Kier alpha value is -3.26. The van der Waals surface area contributed by atoms with Gasteiger partial charge in [-0.1, -0.05) is 29.8 Å². The summed E-state index contributed by atoms with van der Waals surface area (Å²) in [7, 11) is 1.35. The van der Waals surface area contributed by atoms with Crippen LogP contribution in [0.3, 0.4) is 0 Å². The fourth-order valence-corrected chi connectivity index (χ4v) is 2.79. The molecule has 144 valence electrons. The third kappa shape index (κ3) is 4.52. The minimum Gasteiger partial charge on any atom is -0.485 e. The number of esters is 1. The lowest BCUT2D eigenvalue weighted by Gasteiger charge is -2.09. The molecule has 0 saturated carbocycles. The molecule has 28 heavy (non-hydrogen) atoms. The van der Waals surface area contributed by atoms with Crippen molar-refractivity contribution in [1.29, 1.82) is 0 Å². The first-order valence-electron chi connectivity index (χ1n) is 8.57. The molecule has 0 unspecified atom stereocenters. The topological polar surface area (TPSA) is 81.5 Å². The van der Waals surface area contributed by atoms with E-state index in [0.717, 1.165) is 16.9 Å². The van der Waals surface area contributed by atoms with Crippen molar-refractivity contribution in [2.24, 2.45) is 5.10 Å². The zero-order chi connectivity index (χ0) is 20.1. The van der Waals surface area contributed by atoms with Crippen LogP contribution in [0.1, 0.15) is 32.9 Å². The highest BCUT2D eigenvalue weighted by atomic mass is 32.1. The lowest BCUT2D eigenvalue weighted by Crippen LogP contribution is -2.05. The van der Waals surface area contributed by atoms with E-state index in [-0.39, 0.29) is 12.6 Å². The second kappa shape index (κ2) is 8.62. The van der Waals surface area contributed by atoms with Crippen LogP contribution in [0.5, 0.6) is 5.75 Å². The predicted molar refractivity (Wildman–Crippen MR) is 108 cm³/mol. The van der Waals surface area contributed by atoms with E-state index in [1.165, 1.54) is 17.3 Å². The maximum absolute atomic E-state index is 11.5. The molecule has 0 aliphatic rings. The minimum atomic E-state index is -0.383. The Balaban J connectivity index is 1.74. The number of hydrogen-bond acceptors (Lipinski definition) is 6. The Kier molecular flexibility index (Phi) is 6.00. The van der Waals surface area contributed by atoms with E-state index in [1.54, 1.807) is 30.5 Å². The van der Waals surface area contributed by atoms with Crippen LogP contribution in [0, 0.1) is 18.6 Å². The van der Waals surface area contributed by atoms with Crippen molar-refractivity contribution < 1.29 is 14.3 Å². The van der Waals surface area contributed by atoms with E-state index in [2.05, 4.69) is 26.1 Å². The predicted octanol–water partition coefficient (Wildman–Crippen LogP) is 3.81. The second-order valence-electron chi connectivity index (χ2n) is 6.17. The maximum atomic E-state index is 11.5. The number of H-pyrrole nitrogens is 1. The van der Waals surface area contributed by atoms with Crippen molar-refractivity contribution in [2.75, 3.05) is 7.11 Å². The average molecular weight is 396 g/mol. The van der Waals surface area contributed by atoms with Gasteiger partial charge in [0.2, 0.25) is 4.77 Å². The molecule has 2 aromatic carbocycles. The first kappa shape index (κ1) is 19.5. The Morgan fingerprint density at radius 1 is 1.25 bits per heavy atom. The van der Waals surface area contributed by atoms with Crippen molar-refractivity contribution in [1.82, 2.24) is 14.9 Å². The van der Waals surface area contributed by atoms with E-state index in [1.807, 2.05) is 26.0 Å². The van der Waals surface area contributed by atoms with Gasteiger partial charge >= 0.3 is 5.97 Å². The van der Waals surface area contributed by atoms with Crippen molar-refractivity contribution in [3.63, 3.8) is 0 Å². The number of aryl methyl sites for hydroxylation is 2. The molecule has 3 aromatic rings. The zero-order valence-corrected chi connectivity index (χ0v) is 16.6. The number of benzene rings is 2. The van der Waals surface area contributed by atoms with Crippen LogP contribution in [0.4, 0.5) is 0 Å². The molecule has 8 heteroatoms. The molecule has 0 radical (unpaired) electrons. The summed E-state index contributed by atoms with van der Waals surface area (Å²) in [4.78, 5) is 11.5. The SMILES string of the molecule is COC(=O)c1ccc(/C=N\n2c(COc3ccc(C)cc3C)n[nH]c2=S)cc1. The first-order chi connectivity index (χ1) is 13.5. The number of carbonyl (C=O) groups is 1. The molecule has 0 amide bonds. The number of ether oxygens (including phenoxy) is 2. The number of aromatic nitrogens is 3. The molecular formula is C20H20N4O3S.